The topological polar surface area (TPSA) is 79.3 Å². The molecule has 2 aliphatic carbocycles. The summed E-state index contributed by atoms with van der Waals surface area (Å²) in [5.74, 6) is -1.09. The molecule has 0 unspecified atom stereocenters. The number of fused-ring (bicyclic) bond motifs is 2. The highest BCUT2D eigenvalue weighted by Crippen LogP contribution is 2.52. The Morgan fingerprint density at radius 1 is 1.25 bits per heavy atom. The number of aryl methyl sites for hydroxylation is 1. The molecular formula is C15H18N2O3. The van der Waals surface area contributed by atoms with Gasteiger partial charge >= 0.3 is 5.97 Å². The largest absolute Gasteiger partial charge is 0.481 e. The van der Waals surface area contributed by atoms with Gasteiger partial charge in [0.25, 0.3) is 0 Å². The smallest absolute Gasteiger partial charge is 0.307 e. The fourth-order valence-electron chi connectivity index (χ4n) is 3.85. The number of aromatic nitrogens is 1. The number of amides is 1. The number of nitrogens with one attached hydrogen (secondary N) is 1. The molecule has 3 rings (SSSR count). The second kappa shape index (κ2) is 4.89. The number of pyridine rings is 1. The van der Waals surface area contributed by atoms with Gasteiger partial charge in [0.15, 0.2) is 0 Å². The quantitative estimate of drug-likeness (QED) is 0.884. The molecule has 2 aliphatic rings. The third-order valence-electron chi connectivity index (χ3n) is 4.64. The molecule has 5 nitrogen and oxygen atoms in total. The van der Waals surface area contributed by atoms with E-state index in [1.54, 1.807) is 6.07 Å². The molecule has 20 heavy (non-hydrogen) atoms. The lowest BCUT2D eigenvalue weighted by Crippen LogP contribution is -2.38. The van der Waals surface area contributed by atoms with E-state index in [0.717, 1.165) is 25.0 Å². The Morgan fingerprint density at radius 2 is 1.95 bits per heavy atom. The molecule has 2 N–H and O–H groups in total. The number of carbonyl (C=O) groups excluding carboxylic acids is 1. The molecule has 2 bridgehead atoms. The predicted octanol–water partition coefficient (Wildman–Crippen LogP) is 2.08. The molecular weight excluding hydrogens is 256 g/mol. The average Bonchev–Trinajstić information content (AvgIpc) is 2.98. The molecule has 5 heteroatoms. The summed E-state index contributed by atoms with van der Waals surface area (Å²) >= 11 is 0. The number of carboxylic acid groups (broad SMARTS) is 1. The molecule has 2 fully saturated rings. The Morgan fingerprint density at radius 3 is 2.60 bits per heavy atom. The van der Waals surface area contributed by atoms with Crippen molar-refractivity contribution in [1.29, 1.82) is 0 Å². The van der Waals surface area contributed by atoms with Crippen LogP contribution in [0, 0.1) is 30.6 Å². The van der Waals surface area contributed by atoms with Gasteiger partial charge in [-0.3, -0.25) is 9.59 Å². The molecule has 0 spiro atoms. The van der Waals surface area contributed by atoms with E-state index >= 15 is 0 Å². The van der Waals surface area contributed by atoms with Crippen molar-refractivity contribution >= 4 is 17.7 Å². The van der Waals surface area contributed by atoms with Gasteiger partial charge in [0.2, 0.25) is 5.91 Å². The first-order valence-electron chi connectivity index (χ1n) is 7.03. The number of nitrogens with zero attached hydrogens (tertiary/aromatic N) is 1. The van der Waals surface area contributed by atoms with E-state index in [0.29, 0.717) is 5.82 Å². The Balaban J connectivity index is 1.78. The molecule has 106 valence electrons. The number of carboxylic acids is 1. The summed E-state index contributed by atoms with van der Waals surface area (Å²) in [7, 11) is 0. The molecule has 4 atom stereocenters. The summed E-state index contributed by atoms with van der Waals surface area (Å²) < 4.78 is 0. The van der Waals surface area contributed by atoms with Crippen molar-refractivity contribution in [3.05, 3.63) is 23.9 Å². The lowest BCUT2D eigenvalue weighted by Gasteiger charge is -2.26. The van der Waals surface area contributed by atoms with Gasteiger partial charge in [-0.05, 0) is 50.2 Å². The van der Waals surface area contributed by atoms with Gasteiger partial charge in [0, 0.05) is 5.69 Å². The van der Waals surface area contributed by atoms with Crippen LogP contribution in [0.1, 0.15) is 25.0 Å². The minimum absolute atomic E-state index is 0.165. The molecule has 1 amide bonds. The fourth-order valence-corrected chi connectivity index (χ4v) is 3.85. The predicted molar refractivity (Wildman–Crippen MR) is 73.1 cm³/mol. The highest BCUT2D eigenvalue weighted by molar-refractivity contribution is 5.95. The SMILES string of the molecule is Cc1cccc(NC(=O)[C@@H]2[C@H]3CC[C@@H](C3)[C@H]2C(=O)O)n1. The normalized spacial score (nSPS) is 31.2. The highest BCUT2D eigenvalue weighted by atomic mass is 16.4. The first kappa shape index (κ1) is 13.1. The maximum atomic E-state index is 12.4. The van der Waals surface area contributed by atoms with Crippen LogP contribution in [0.4, 0.5) is 5.82 Å². The molecule has 2 saturated carbocycles. The average molecular weight is 274 g/mol. The van der Waals surface area contributed by atoms with Crippen LogP contribution in [-0.4, -0.2) is 22.0 Å². The van der Waals surface area contributed by atoms with E-state index in [4.69, 9.17) is 0 Å². The van der Waals surface area contributed by atoms with Crippen molar-refractivity contribution in [2.24, 2.45) is 23.7 Å². The number of anilines is 1. The van der Waals surface area contributed by atoms with Crippen LogP contribution >= 0.6 is 0 Å². The van der Waals surface area contributed by atoms with E-state index < -0.39 is 17.8 Å². The van der Waals surface area contributed by atoms with Gasteiger partial charge in [-0.2, -0.15) is 0 Å². The molecule has 1 aromatic heterocycles. The highest BCUT2D eigenvalue weighted by Gasteiger charge is 2.54. The van der Waals surface area contributed by atoms with Crippen LogP contribution in [0.25, 0.3) is 0 Å². The van der Waals surface area contributed by atoms with Crippen LogP contribution in [0.2, 0.25) is 0 Å². The second-order valence-corrected chi connectivity index (χ2v) is 5.88. The minimum atomic E-state index is -0.838. The maximum Gasteiger partial charge on any atom is 0.307 e. The third kappa shape index (κ3) is 2.17. The number of hydrogen-bond acceptors (Lipinski definition) is 3. The zero-order valence-corrected chi connectivity index (χ0v) is 11.4. The molecule has 0 aliphatic heterocycles. The zero-order valence-electron chi connectivity index (χ0n) is 11.4. The van der Waals surface area contributed by atoms with E-state index in [9.17, 15) is 14.7 Å². The summed E-state index contributed by atoms with van der Waals surface area (Å²) in [5.41, 5.74) is 0.825. The summed E-state index contributed by atoms with van der Waals surface area (Å²) in [5, 5.41) is 12.2. The van der Waals surface area contributed by atoms with Gasteiger partial charge in [0.1, 0.15) is 5.82 Å². The summed E-state index contributed by atoms with van der Waals surface area (Å²) in [6, 6.07) is 5.41. The van der Waals surface area contributed by atoms with Crippen LogP contribution in [0.3, 0.4) is 0 Å². The molecule has 1 aromatic rings. The molecule has 0 aromatic carbocycles. The van der Waals surface area contributed by atoms with Crippen molar-refractivity contribution in [3.63, 3.8) is 0 Å². The molecule has 0 saturated heterocycles. The first-order valence-corrected chi connectivity index (χ1v) is 7.03. The Kier molecular flexibility index (Phi) is 3.20. The number of rotatable bonds is 3. The van der Waals surface area contributed by atoms with Gasteiger partial charge in [0.05, 0.1) is 11.8 Å². The summed E-state index contributed by atoms with van der Waals surface area (Å²) in [6.45, 7) is 1.85. The van der Waals surface area contributed by atoms with E-state index in [2.05, 4.69) is 10.3 Å². The van der Waals surface area contributed by atoms with Gasteiger partial charge in [-0.15, -0.1) is 0 Å². The second-order valence-electron chi connectivity index (χ2n) is 5.88. The van der Waals surface area contributed by atoms with Crippen LogP contribution in [-0.2, 0) is 9.59 Å². The van der Waals surface area contributed by atoms with Crippen molar-refractivity contribution in [2.45, 2.75) is 26.2 Å². The van der Waals surface area contributed by atoms with Gasteiger partial charge in [-0.1, -0.05) is 6.07 Å². The lowest BCUT2D eigenvalue weighted by molar-refractivity contribution is -0.148. The standard InChI is InChI=1S/C15H18N2O3/c1-8-3-2-4-11(16-8)17-14(18)12-9-5-6-10(7-9)13(12)15(19)20/h2-4,9-10,12-13H,5-7H2,1H3,(H,19,20)(H,16,17,18)/t9-,10-,12+,13+/m0/s1. The Labute approximate surface area is 117 Å². The van der Waals surface area contributed by atoms with Crippen LogP contribution in [0.5, 0.6) is 0 Å². The lowest BCUT2D eigenvalue weighted by atomic mass is 9.79. The Bertz CT molecular complexity index is 558. The first-order chi connectivity index (χ1) is 9.56. The zero-order chi connectivity index (χ0) is 14.3. The van der Waals surface area contributed by atoms with E-state index in [1.807, 2.05) is 19.1 Å². The molecule has 0 radical (unpaired) electrons. The van der Waals surface area contributed by atoms with Crippen LogP contribution in [0.15, 0.2) is 18.2 Å². The molecule has 1 heterocycles. The van der Waals surface area contributed by atoms with Gasteiger partial charge < -0.3 is 10.4 Å². The van der Waals surface area contributed by atoms with Crippen molar-refractivity contribution < 1.29 is 14.7 Å². The van der Waals surface area contributed by atoms with Crippen LogP contribution < -0.4 is 5.32 Å². The maximum absolute atomic E-state index is 12.4. The van der Waals surface area contributed by atoms with E-state index in [-0.39, 0.29) is 17.7 Å². The van der Waals surface area contributed by atoms with Gasteiger partial charge in [-0.25, -0.2) is 4.98 Å². The number of carbonyl (C=O) groups is 2. The summed E-state index contributed by atoms with van der Waals surface area (Å²) in [4.78, 5) is 28.1. The number of hydrogen-bond donors (Lipinski definition) is 2. The third-order valence-corrected chi connectivity index (χ3v) is 4.64. The van der Waals surface area contributed by atoms with E-state index in [1.165, 1.54) is 0 Å². The summed E-state index contributed by atoms with van der Waals surface area (Å²) in [6.07, 6.45) is 2.78. The fraction of sp³-hybridized carbons (Fsp3) is 0.533. The monoisotopic (exact) mass is 274 g/mol. The minimum Gasteiger partial charge on any atom is -0.481 e. The number of aliphatic carboxylic acids is 1. The Hall–Kier alpha value is -1.91. The van der Waals surface area contributed by atoms with Crippen molar-refractivity contribution in [2.75, 3.05) is 5.32 Å². The van der Waals surface area contributed by atoms with Crippen molar-refractivity contribution in [3.8, 4) is 0 Å². The van der Waals surface area contributed by atoms with Crippen molar-refractivity contribution in [1.82, 2.24) is 4.98 Å².